The number of unbranched alkanes of at least 4 members (excludes halogenated alkanes) is 12. The SMILES string of the molecule is CCCCCCCCCCCCCC/C=C/CCOC(=O)C1CCCCC1C(=O)[O-].[Na+]. The number of carboxylic acid groups (broad SMARTS) is 1. The zero-order chi connectivity index (χ0) is 21.9. The average molecular weight is 445 g/mol. The minimum Gasteiger partial charge on any atom is -0.550 e. The van der Waals surface area contributed by atoms with E-state index >= 15 is 0 Å². The summed E-state index contributed by atoms with van der Waals surface area (Å²) in [5.74, 6) is -2.67. The zero-order valence-corrected chi connectivity index (χ0v) is 22.4. The van der Waals surface area contributed by atoms with Crippen LogP contribution in [0.4, 0.5) is 0 Å². The molecular formula is C26H45NaO4. The largest absolute Gasteiger partial charge is 1.00 e. The van der Waals surface area contributed by atoms with Gasteiger partial charge in [0.2, 0.25) is 0 Å². The molecule has 1 saturated carbocycles. The van der Waals surface area contributed by atoms with Crippen molar-refractivity contribution in [1.29, 1.82) is 0 Å². The topological polar surface area (TPSA) is 66.4 Å². The van der Waals surface area contributed by atoms with Gasteiger partial charge >= 0.3 is 35.5 Å². The van der Waals surface area contributed by atoms with Gasteiger partial charge in [-0.15, -0.1) is 0 Å². The Morgan fingerprint density at radius 3 is 1.81 bits per heavy atom. The summed E-state index contributed by atoms with van der Waals surface area (Å²) in [4.78, 5) is 23.3. The summed E-state index contributed by atoms with van der Waals surface area (Å²) in [5, 5.41) is 11.2. The van der Waals surface area contributed by atoms with Crippen LogP contribution < -0.4 is 34.7 Å². The fourth-order valence-corrected chi connectivity index (χ4v) is 4.37. The van der Waals surface area contributed by atoms with E-state index in [-0.39, 0.29) is 35.5 Å². The fraction of sp³-hybridized carbons (Fsp3) is 0.846. The van der Waals surface area contributed by atoms with Crippen LogP contribution in [0.1, 0.15) is 122 Å². The van der Waals surface area contributed by atoms with Gasteiger partial charge in [-0.05, 0) is 32.1 Å². The monoisotopic (exact) mass is 444 g/mol. The first-order valence-electron chi connectivity index (χ1n) is 12.7. The molecule has 0 aromatic rings. The van der Waals surface area contributed by atoms with Gasteiger partial charge in [0, 0.05) is 11.9 Å². The number of carbonyl (C=O) groups is 2. The molecule has 0 heterocycles. The summed E-state index contributed by atoms with van der Waals surface area (Å²) in [6.45, 7) is 2.60. The molecule has 0 N–H and O–H groups in total. The van der Waals surface area contributed by atoms with Gasteiger partial charge in [0.25, 0.3) is 0 Å². The van der Waals surface area contributed by atoms with E-state index in [0.29, 0.717) is 25.9 Å². The van der Waals surface area contributed by atoms with E-state index in [2.05, 4.69) is 19.1 Å². The van der Waals surface area contributed by atoms with Crippen LogP contribution in [0.25, 0.3) is 0 Å². The maximum Gasteiger partial charge on any atom is 1.00 e. The molecule has 1 fully saturated rings. The van der Waals surface area contributed by atoms with E-state index in [1.807, 2.05) is 0 Å². The number of carbonyl (C=O) groups excluding carboxylic acids is 2. The minimum atomic E-state index is -1.11. The van der Waals surface area contributed by atoms with Crippen LogP contribution >= 0.6 is 0 Å². The number of hydrogen-bond acceptors (Lipinski definition) is 4. The number of hydrogen-bond donors (Lipinski definition) is 0. The van der Waals surface area contributed by atoms with Gasteiger partial charge in [-0.1, -0.05) is 103 Å². The summed E-state index contributed by atoms with van der Waals surface area (Å²) >= 11 is 0. The third-order valence-electron chi connectivity index (χ3n) is 6.29. The first-order chi connectivity index (χ1) is 14.7. The molecule has 0 aromatic carbocycles. The molecule has 1 aliphatic rings. The second-order valence-electron chi connectivity index (χ2n) is 8.92. The Hall–Kier alpha value is -0.320. The van der Waals surface area contributed by atoms with Crippen LogP contribution in [0.3, 0.4) is 0 Å². The molecule has 0 radical (unpaired) electrons. The van der Waals surface area contributed by atoms with Crippen molar-refractivity contribution in [1.82, 2.24) is 0 Å². The Balaban J connectivity index is 0.00000900. The number of ether oxygens (including phenoxy) is 1. The Morgan fingerprint density at radius 1 is 0.774 bits per heavy atom. The predicted octanol–water partition coefficient (Wildman–Crippen LogP) is 3.13. The van der Waals surface area contributed by atoms with Gasteiger partial charge in [0.05, 0.1) is 12.5 Å². The second-order valence-corrected chi connectivity index (χ2v) is 8.92. The molecule has 4 nitrogen and oxygen atoms in total. The molecule has 0 bridgehead atoms. The summed E-state index contributed by atoms with van der Waals surface area (Å²) < 4.78 is 5.30. The van der Waals surface area contributed by atoms with Crippen molar-refractivity contribution in [3.05, 3.63) is 12.2 Å². The molecule has 0 aromatic heterocycles. The van der Waals surface area contributed by atoms with Crippen LogP contribution in [0.2, 0.25) is 0 Å². The molecular weight excluding hydrogens is 399 g/mol. The van der Waals surface area contributed by atoms with Crippen molar-refractivity contribution >= 4 is 11.9 Å². The van der Waals surface area contributed by atoms with Gasteiger partial charge in [-0.3, -0.25) is 4.79 Å². The van der Waals surface area contributed by atoms with E-state index in [1.54, 1.807) is 0 Å². The van der Waals surface area contributed by atoms with Gasteiger partial charge in [0.15, 0.2) is 0 Å². The summed E-state index contributed by atoms with van der Waals surface area (Å²) in [5.41, 5.74) is 0. The van der Waals surface area contributed by atoms with E-state index in [1.165, 1.54) is 77.0 Å². The van der Waals surface area contributed by atoms with Crippen molar-refractivity contribution in [3.8, 4) is 0 Å². The maximum atomic E-state index is 12.1. The van der Waals surface area contributed by atoms with Crippen LogP contribution in [-0.2, 0) is 14.3 Å². The molecule has 1 rings (SSSR count). The third-order valence-corrected chi connectivity index (χ3v) is 6.29. The second kappa shape index (κ2) is 21.5. The number of rotatable bonds is 18. The number of carboxylic acids is 1. The number of aliphatic carboxylic acids is 1. The first kappa shape index (κ1) is 30.7. The molecule has 5 heteroatoms. The molecule has 0 saturated heterocycles. The molecule has 174 valence electrons. The van der Waals surface area contributed by atoms with Crippen LogP contribution in [-0.4, -0.2) is 18.5 Å². The van der Waals surface area contributed by atoms with E-state index in [0.717, 1.165) is 19.3 Å². The van der Waals surface area contributed by atoms with Crippen LogP contribution in [0.5, 0.6) is 0 Å². The van der Waals surface area contributed by atoms with Crippen molar-refractivity contribution in [3.63, 3.8) is 0 Å². The van der Waals surface area contributed by atoms with E-state index in [4.69, 9.17) is 4.74 Å². The summed E-state index contributed by atoms with van der Waals surface area (Å²) in [6.07, 6.45) is 25.3. The molecule has 2 unspecified atom stereocenters. The number of esters is 1. The Bertz CT molecular complexity index is 478. The Kier molecular flexibility index (Phi) is 21.3. The smallest absolute Gasteiger partial charge is 0.550 e. The minimum absolute atomic E-state index is 0. The van der Waals surface area contributed by atoms with Gasteiger partial charge in [-0.25, -0.2) is 0 Å². The Morgan fingerprint density at radius 2 is 1.26 bits per heavy atom. The van der Waals surface area contributed by atoms with Crippen molar-refractivity contribution in [2.24, 2.45) is 11.8 Å². The summed E-state index contributed by atoms with van der Waals surface area (Å²) in [7, 11) is 0. The molecule has 31 heavy (non-hydrogen) atoms. The average Bonchev–Trinajstić information content (AvgIpc) is 2.75. The van der Waals surface area contributed by atoms with Crippen molar-refractivity contribution in [2.75, 3.05) is 6.61 Å². The van der Waals surface area contributed by atoms with E-state index < -0.39 is 17.8 Å². The van der Waals surface area contributed by atoms with Gasteiger partial charge in [-0.2, -0.15) is 0 Å². The standard InChI is InChI=1S/C26H46O4.Na/c1-2-3-4-5-6-7-8-9-10-11-12-13-14-15-16-19-22-30-26(29)24-21-18-17-20-23(24)25(27)28;/h15-16,23-24H,2-14,17-22H2,1H3,(H,27,28);/q;+1/p-1/b16-15+;. The summed E-state index contributed by atoms with van der Waals surface area (Å²) in [6, 6.07) is 0. The molecule has 0 spiro atoms. The fourth-order valence-electron chi connectivity index (χ4n) is 4.37. The van der Waals surface area contributed by atoms with Crippen molar-refractivity contribution in [2.45, 2.75) is 122 Å². The molecule has 0 amide bonds. The Labute approximate surface area is 213 Å². The van der Waals surface area contributed by atoms with Crippen LogP contribution in [0.15, 0.2) is 12.2 Å². The molecule has 2 atom stereocenters. The zero-order valence-electron chi connectivity index (χ0n) is 20.4. The van der Waals surface area contributed by atoms with E-state index in [9.17, 15) is 14.7 Å². The molecule has 1 aliphatic carbocycles. The quantitative estimate of drug-likeness (QED) is 0.141. The predicted molar refractivity (Wildman–Crippen MR) is 121 cm³/mol. The third kappa shape index (κ3) is 16.0. The molecule has 0 aliphatic heterocycles. The van der Waals surface area contributed by atoms with Crippen LogP contribution in [0, 0.1) is 11.8 Å². The van der Waals surface area contributed by atoms with Gasteiger partial charge in [0.1, 0.15) is 0 Å². The number of allylic oxidation sites excluding steroid dienone is 1. The first-order valence-corrected chi connectivity index (χ1v) is 12.7. The van der Waals surface area contributed by atoms with Gasteiger partial charge < -0.3 is 14.6 Å². The normalized spacial score (nSPS) is 18.6. The van der Waals surface area contributed by atoms with Crippen molar-refractivity contribution < 1.29 is 49.0 Å². The maximum absolute atomic E-state index is 12.1.